The number of hydrogen-bond acceptors (Lipinski definition) is 4. The Morgan fingerprint density at radius 2 is 1.86 bits per heavy atom. The number of rotatable bonds is 3. The van der Waals surface area contributed by atoms with E-state index in [1.807, 2.05) is 4.90 Å². The molecule has 0 aromatic carbocycles. The van der Waals surface area contributed by atoms with E-state index in [4.69, 9.17) is 9.47 Å². The molecule has 0 radical (unpaired) electrons. The normalized spacial score (nSPS) is 28.9. The van der Waals surface area contributed by atoms with Crippen molar-refractivity contribution in [2.45, 2.75) is 70.8 Å². The molecule has 0 aliphatic carbocycles. The molecule has 0 aromatic heterocycles. The van der Waals surface area contributed by atoms with E-state index in [1.54, 1.807) is 0 Å². The fourth-order valence-corrected chi connectivity index (χ4v) is 3.37. The monoisotopic (exact) mass is 298 g/mol. The average Bonchev–Trinajstić information content (AvgIpc) is 2.96. The van der Waals surface area contributed by atoms with Gasteiger partial charge in [-0.25, -0.2) is 4.79 Å². The van der Waals surface area contributed by atoms with Crippen LogP contribution in [0, 0.1) is 0 Å². The molecule has 5 heteroatoms. The van der Waals surface area contributed by atoms with Gasteiger partial charge in [0.25, 0.3) is 0 Å². The summed E-state index contributed by atoms with van der Waals surface area (Å²) in [5, 5.41) is 0. The topological polar surface area (TPSA) is 42.0 Å². The van der Waals surface area contributed by atoms with Gasteiger partial charge in [0.2, 0.25) is 0 Å². The molecule has 0 bridgehead atoms. The largest absolute Gasteiger partial charge is 0.445 e. The van der Waals surface area contributed by atoms with Gasteiger partial charge >= 0.3 is 6.09 Å². The fourth-order valence-electron chi connectivity index (χ4n) is 3.37. The SMILES string of the molecule is C[C@H](OC(C)(C)C)[C@@H]1CC(OC(=O)N2CCCC2)CN1C. The molecule has 2 rings (SSSR count). The molecule has 0 aromatic rings. The summed E-state index contributed by atoms with van der Waals surface area (Å²) in [5.74, 6) is 0. The maximum absolute atomic E-state index is 12.1. The number of likely N-dealkylation sites (N-methyl/N-ethyl adjacent to an activating group) is 1. The molecular formula is C16H30N2O3. The number of carbonyl (C=O) groups is 1. The van der Waals surface area contributed by atoms with Crippen LogP contribution in [0.3, 0.4) is 0 Å². The Hall–Kier alpha value is -0.810. The van der Waals surface area contributed by atoms with E-state index in [0.717, 1.165) is 38.9 Å². The molecule has 122 valence electrons. The summed E-state index contributed by atoms with van der Waals surface area (Å²) in [6.45, 7) is 10.8. The van der Waals surface area contributed by atoms with Crippen LogP contribution in [-0.4, -0.2) is 66.4 Å². The quantitative estimate of drug-likeness (QED) is 0.803. The Labute approximate surface area is 128 Å². The van der Waals surface area contributed by atoms with E-state index in [-0.39, 0.29) is 23.9 Å². The van der Waals surface area contributed by atoms with Crippen LogP contribution in [0.4, 0.5) is 4.79 Å². The number of carbonyl (C=O) groups excluding carboxylic acids is 1. The van der Waals surface area contributed by atoms with Gasteiger partial charge < -0.3 is 14.4 Å². The summed E-state index contributed by atoms with van der Waals surface area (Å²) >= 11 is 0. The molecule has 2 aliphatic heterocycles. The first kappa shape index (κ1) is 16.6. The van der Waals surface area contributed by atoms with Crippen LogP contribution in [0.2, 0.25) is 0 Å². The van der Waals surface area contributed by atoms with Crippen molar-refractivity contribution in [2.24, 2.45) is 0 Å². The zero-order valence-electron chi connectivity index (χ0n) is 14.1. The lowest BCUT2D eigenvalue weighted by Crippen LogP contribution is -2.40. The lowest BCUT2D eigenvalue weighted by molar-refractivity contribution is -0.0781. The molecule has 0 N–H and O–H groups in total. The van der Waals surface area contributed by atoms with Crippen molar-refractivity contribution in [3.8, 4) is 0 Å². The second kappa shape index (κ2) is 6.53. The zero-order chi connectivity index (χ0) is 15.6. The van der Waals surface area contributed by atoms with Crippen molar-refractivity contribution >= 4 is 6.09 Å². The van der Waals surface area contributed by atoms with Crippen molar-refractivity contribution in [1.29, 1.82) is 0 Å². The van der Waals surface area contributed by atoms with Gasteiger partial charge in [-0.2, -0.15) is 0 Å². The highest BCUT2D eigenvalue weighted by Crippen LogP contribution is 2.26. The van der Waals surface area contributed by atoms with Gasteiger partial charge in [0.1, 0.15) is 6.10 Å². The van der Waals surface area contributed by atoms with Crippen LogP contribution >= 0.6 is 0 Å². The summed E-state index contributed by atoms with van der Waals surface area (Å²) in [7, 11) is 2.08. The van der Waals surface area contributed by atoms with Gasteiger partial charge in [0.05, 0.1) is 11.7 Å². The third-order valence-electron chi connectivity index (χ3n) is 4.28. The van der Waals surface area contributed by atoms with Crippen LogP contribution in [0.5, 0.6) is 0 Å². The first-order valence-corrected chi connectivity index (χ1v) is 8.10. The summed E-state index contributed by atoms with van der Waals surface area (Å²) in [6, 6.07) is 0.306. The van der Waals surface area contributed by atoms with E-state index >= 15 is 0 Å². The Morgan fingerprint density at radius 3 is 2.43 bits per heavy atom. The molecule has 21 heavy (non-hydrogen) atoms. The summed E-state index contributed by atoms with van der Waals surface area (Å²) in [4.78, 5) is 16.1. The van der Waals surface area contributed by atoms with Crippen molar-refractivity contribution in [3.63, 3.8) is 0 Å². The molecule has 1 amide bonds. The third kappa shape index (κ3) is 4.58. The van der Waals surface area contributed by atoms with Gasteiger partial charge in [-0.15, -0.1) is 0 Å². The lowest BCUT2D eigenvalue weighted by atomic mass is 10.1. The Bertz CT molecular complexity index is 361. The molecule has 5 nitrogen and oxygen atoms in total. The van der Waals surface area contributed by atoms with Gasteiger partial charge in [0, 0.05) is 32.1 Å². The number of nitrogens with zero attached hydrogens (tertiary/aromatic N) is 2. The van der Waals surface area contributed by atoms with Gasteiger partial charge in [-0.3, -0.25) is 4.90 Å². The van der Waals surface area contributed by atoms with Crippen molar-refractivity contribution in [2.75, 3.05) is 26.7 Å². The van der Waals surface area contributed by atoms with Crippen molar-refractivity contribution < 1.29 is 14.3 Å². The highest BCUT2D eigenvalue weighted by atomic mass is 16.6. The van der Waals surface area contributed by atoms with Crippen LogP contribution < -0.4 is 0 Å². The second-order valence-electron chi connectivity index (χ2n) is 7.38. The third-order valence-corrected chi connectivity index (χ3v) is 4.28. The van der Waals surface area contributed by atoms with Gasteiger partial charge in [0.15, 0.2) is 0 Å². The molecular weight excluding hydrogens is 268 g/mol. The van der Waals surface area contributed by atoms with Crippen LogP contribution in [0.15, 0.2) is 0 Å². The number of ether oxygens (including phenoxy) is 2. The number of amides is 1. The van der Waals surface area contributed by atoms with E-state index in [0.29, 0.717) is 6.04 Å². The van der Waals surface area contributed by atoms with Crippen molar-refractivity contribution in [1.82, 2.24) is 9.80 Å². The van der Waals surface area contributed by atoms with E-state index in [9.17, 15) is 4.79 Å². The summed E-state index contributed by atoms with van der Waals surface area (Å²) in [5.41, 5.74) is -0.148. The maximum atomic E-state index is 12.1. The standard InChI is InChI=1S/C16H30N2O3/c1-12(21-16(2,3)4)14-10-13(11-17(14)5)20-15(19)18-8-6-7-9-18/h12-14H,6-11H2,1-5H3/t12-,13?,14-/m0/s1. The van der Waals surface area contributed by atoms with Crippen LogP contribution in [0.25, 0.3) is 0 Å². The molecule has 3 atom stereocenters. The minimum Gasteiger partial charge on any atom is -0.445 e. The maximum Gasteiger partial charge on any atom is 0.410 e. The number of likely N-dealkylation sites (tertiary alicyclic amines) is 2. The Balaban J connectivity index is 1.84. The molecule has 2 heterocycles. The molecule has 0 saturated carbocycles. The highest BCUT2D eigenvalue weighted by molar-refractivity contribution is 5.68. The second-order valence-corrected chi connectivity index (χ2v) is 7.38. The first-order chi connectivity index (χ1) is 9.76. The van der Waals surface area contributed by atoms with Crippen molar-refractivity contribution in [3.05, 3.63) is 0 Å². The van der Waals surface area contributed by atoms with E-state index < -0.39 is 0 Å². The van der Waals surface area contributed by atoms with Crippen LogP contribution in [-0.2, 0) is 9.47 Å². The average molecular weight is 298 g/mol. The van der Waals surface area contributed by atoms with Crippen LogP contribution in [0.1, 0.15) is 47.0 Å². The molecule has 0 spiro atoms. The van der Waals surface area contributed by atoms with E-state index in [2.05, 4.69) is 39.6 Å². The van der Waals surface area contributed by atoms with E-state index in [1.165, 1.54) is 0 Å². The minimum absolute atomic E-state index is 0.0147. The minimum atomic E-state index is -0.148. The van der Waals surface area contributed by atoms with Gasteiger partial charge in [-0.05, 0) is 47.6 Å². The summed E-state index contributed by atoms with van der Waals surface area (Å²) < 4.78 is 11.7. The lowest BCUT2D eigenvalue weighted by Gasteiger charge is -2.31. The predicted octanol–water partition coefficient (Wildman–Crippen LogP) is 2.50. The Morgan fingerprint density at radius 1 is 1.24 bits per heavy atom. The first-order valence-electron chi connectivity index (χ1n) is 8.10. The predicted molar refractivity (Wildman–Crippen MR) is 82.4 cm³/mol. The molecule has 2 aliphatic rings. The highest BCUT2D eigenvalue weighted by Gasteiger charge is 2.37. The number of hydrogen-bond donors (Lipinski definition) is 0. The van der Waals surface area contributed by atoms with Gasteiger partial charge in [-0.1, -0.05) is 0 Å². The zero-order valence-corrected chi connectivity index (χ0v) is 14.1. The molecule has 2 fully saturated rings. The molecule has 2 saturated heterocycles. The smallest absolute Gasteiger partial charge is 0.410 e. The molecule has 1 unspecified atom stereocenters. The fraction of sp³-hybridized carbons (Fsp3) is 0.938. The summed E-state index contributed by atoms with van der Waals surface area (Å²) in [6.07, 6.45) is 3.02. The Kier molecular flexibility index (Phi) is 5.15.